The summed E-state index contributed by atoms with van der Waals surface area (Å²) in [6.07, 6.45) is 0.751. The van der Waals surface area contributed by atoms with Gasteiger partial charge in [-0.1, -0.05) is 30.3 Å². The molecule has 114 valence electrons. The van der Waals surface area contributed by atoms with E-state index in [-0.39, 0.29) is 6.61 Å². The first-order chi connectivity index (χ1) is 10.8. The zero-order valence-corrected chi connectivity index (χ0v) is 12.5. The highest BCUT2D eigenvalue weighted by atomic mass is 16.5. The molecule has 0 saturated carbocycles. The van der Waals surface area contributed by atoms with Gasteiger partial charge in [0, 0.05) is 18.7 Å². The van der Waals surface area contributed by atoms with Crippen molar-refractivity contribution in [3.63, 3.8) is 0 Å². The summed E-state index contributed by atoms with van der Waals surface area (Å²) in [5.74, 6) is 0.786. The monoisotopic (exact) mass is 296 g/mol. The zero-order chi connectivity index (χ0) is 15.6. The van der Waals surface area contributed by atoms with Gasteiger partial charge in [0.15, 0.2) is 0 Å². The van der Waals surface area contributed by atoms with Gasteiger partial charge in [-0.15, -0.1) is 0 Å². The van der Waals surface area contributed by atoms with Crippen LogP contribution < -0.4 is 10.1 Å². The Morgan fingerprint density at radius 2 is 2.00 bits per heavy atom. The van der Waals surface area contributed by atoms with E-state index in [4.69, 9.17) is 15.1 Å². The molecule has 4 heteroatoms. The molecule has 0 unspecified atom stereocenters. The average Bonchev–Trinajstić information content (AvgIpc) is 2.57. The molecule has 0 aliphatic carbocycles. The predicted octanol–water partition coefficient (Wildman–Crippen LogP) is 2.61. The van der Waals surface area contributed by atoms with Crippen LogP contribution >= 0.6 is 0 Å². The van der Waals surface area contributed by atoms with E-state index in [2.05, 4.69) is 11.4 Å². The van der Waals surface area contributed by atoms with Crippen molar-refractivity contribution in [2.24, 2.45) is 0 Å². The number of nitrogens with zero attached hydrogens (tertiary/aromatic N) is 1. The van der Waals surface area contributed by atoms with Crippen molar-refractivity contribution >= 4 is 0 Å². The maximum Gasteiger partial charge on any atom is 0.120 e. The van der Waals surface area contributed by atoms with Gasteiger partial charge in [0.2, 0.25) is 0 Å². The van der Waals surface area contributed by atoms with Gasteiger partial charge in [-0.2, -0.15) is 5.26 Å². The second-order valence-corrected chi connectivity index (χ2v) is 4.96. The fraction of sp³-hybridized carbons (Fsp3) is 0.278. The average molecular weight is 296 g/mol. The second kappa shape index (κ2) is 8.83. The van der Waals surface area contributed by atoms with Gasteiger partial charge in [-0.3, -0.25) is 0 Å². The minimum atomic E-state index is 0.203. The number of nitriles is 1. The van der Waals surface area contributed by atoms with Crippen molar-refractivity contribution in [1.29, 1.82) is 5.26 Å². The summed E-state index contributed by atoms with van der Waals surface area (Å²) in [6, 6.07) is 17.5. The van der Waals surface area contributed by atoms with Crippen LogP contribution in [0.1, 0.15) is 23.1 Å². The highest BCUT2D eigenvalue weighted by molar-refractivity contribution is 5.37. The SMILES string of the molecule is N#Cc1ccccc1COc1cccc(CNCCCO)c1. The Balaban J connectivity index is 1.91. The van der Waals surface area contributed by atoms with E-state index in [0.29, 0.717) is 12.2 Å². The molecule has 2 aromatic carbocycles. The van der Waals surface area contributed by atoms with Crippen LogP contribution in [0.5, 0.6) is 5.75 Å². The lowest BCUT2D eigenvalue weighted by Gasteiger charge is -2.09. The van der Waals surface area contributed by atoms with Crippen LogP contribution in [0.15, 0.2) is 48.5 Å². The van der Waals surface area contributed by atoms with Crippen LogP contribution in [0, 0.1) is 11.3 Å². The predicted molar refractivity (Wildman–Crippen MR) is 85.3 cm³/mol. The Hall–Kier alpha value is -2.35. The summed E-state index contributed by atoms with van der Waals surface area (Å²) in [5.41, 5.74) is 2.66. The van der Waals surface area contributed by atoms with Gasteiger partial charge in [-0.05, 0) is 36.7 Å². The Morgan fingerprint density at radius 3 is 2.82 bits per heavy atom. The highest BCUT2D eigenvalue weighted by Gasteiger charge is 2.02. The lowest BCUT2D eigenvalue weighted by molar-refractivity contribution is 0.286. The molecule has 2 N–H and O–H groups in total. The molecule has 0 aliphatic rings. The number of ether oxygens (including phenoxy) is 1. The number of nitrogens with one attached hydrogen (secondary N) is 1. The van der Waals surface area contributed by atoms with Gasteiger partial charge in [-0.25, -0.2) is 0 Å². The maximum atomic E-state index is 9.07. The van der Waals surface area contributed by atoms with E-state index in [1.54, 1.807) is 6.07 Å². The van der Waals surface area contributed by atoms with Gasteiger partial charge in [0.05, 0.1) is 11.6 Å². The van der Waals surface area contributed by atoms with Gasteiger partial charge >= 0.3 is 0 Å². The molecule has 2 rings (SSSR count). The summed E-state index contributed by atoms with van der Waals surface area (Å²) >= 11 is 0. The molecular formula is C18H20N2O2. The van der Waals surface area contributed by atoms with E-state index in [0.717, 1.165) is 36.4 Å². The molecule has 0 radical (unpaired) electrons. The van der Waals surface area contributed by atoms with Gasteiger partial charge < -0.3 is 15.2 Å². The van der Waals surface area contributed by atoms with E-state index < -0.39 is 0 Å². The van der Waals surface area contributed by atoms with E-state index >= 15 is 0 Å². The molecule has 0 heterocycles. The fourth-order valence-electron chi connectivity index (χ4n) is 2.10. The summed E-state index contributed by atoms with van der Waals surface area (Å²) < 4.78 is 5.78. The van der Waals surface area contributed by atoms with Crippen molar-refractivity contribution < 1.29 is 9.84 Å². The maximum absolute atomic E-state index is 9.07. The lowest BCUT2D eigenvalue weighted by Crippen LogP contribution is -2.15. The molecule has 0 bridgehead atoms. The van der Waals surface area contributed by atoms with Crippen molar-refractivity contribution in [3.8, 4) is 11.8 Å². The minimum Gasteiger partial charge on any atom is -0.489 e. The topological polar surface area (TPSA) is 65.3 Å². The first-order valence-corrected chi connectivity index (χ1v) is 7.35. The van der Waals surface area contributed by atoms with Gasteiger partial charge in [0.1, 0.15) is 12.4 Å². The van der Waals surface area contributed by atoms with Crippen molar-refractivity contribution in [1.82, 2.24) is 5.32 Å². The molecule has 0 aliphatic heterocycles. The highest BCUT2D eigenvalue weighted by Crippen LogP contribution is 2.16. The third-order valence-electron chi connectivity index (χ3n) is 3.27. The standard InChI is InChI=1S/C18H20N2O2/c19-12-16-6-1-2-7-17(16)14-22-18-8-3-5-15(11-18)13-20-9-4-10-21/h1-3,5-8,11,20-21H,4,9-10,13-14H2. The van der Waals surface area contributed by atoms with Crippen molar-refractivity contribution in [2.45, 2.75) is 19.6 Å². The van der Waals surface area contributed by atoms with E-state index in [1.807, 2.05) is 42.5 Å². The van der Waals surface area contributed by atoms with Crippen molar-refractivity contribution in [2.75, 3.05) is 13.2 Å². The number of rotatable bonds is 8. The Kier molecular flexibility index (Phi) is 6.43. The van der Waals surface area contributed by atoms with Crippen LogP contribution in [0.2, 0.25) is 0 Å². The molecule has 0 saturated heterocycles. The summed E-state index contributed by atoms with van der Waals surface area (Å²) in [6.45, 7) is 2.11. The Morgan fingerprint density at radius 1 is 1.14 bits per heavy atom. The molecule has 0 atom stereocenters. The summed E-state index contributed by atoms with van der Waals surface area (Å²) in [5, 5.41) is 21.1. The normalized spacial score (nSPS) is 10.2. The Bertz CT molecular complexity index is 635. The largest absolute Gasteiger partial charge is 0.489 e. The zero-order valence-electron chi connectivity index (χ0n) is 12.5. The molecule has 4 nitrogen and oxygen atoms in total. The Labute approximate surface area is 131 Å². The molecule has 0 spiro atoms. The lowest BCUT2D eigenvalue weighted by atomic mass is 10.1. The molecular weight excluding hydrogens is 276 g/mol. The quantitative estimate of drug-likeness (QED) is 0.735. The molecule has 0 amide bonds. The number of aliphatic hydroxyl groups excluding tert-OH is 1. The summed E-state index contributed by atoms with van der Waals surface area (Å²) in [4.78, 5) is 0. The number of aliphatic hydroxyl groups is 1. The van der Waals surface area contributed by atoms with Crippen LogP contribution in [-0.2, 0) is 13.2 Å². The molecule has 2 aromatic rings. The van der Waals surface area contributed by atoms with Crippen LogP contribution in [0.25, 0.3) is 0 Å². The smallest absolute Gasteiger partial charge is 0.120 e. The third-order valence-corrected chi connectivity index (χ3v) is 3.27. The van der Waals surface area contributed by atoms with Crippen LogP contribution in [0.3, 0.4) is 0 Å². The first-order valence-electron chi connectivity index (χ1n) is 7.35. The third kappa shape index (κ3) is 4.88. The van der Waals surface area contributed by atoms with E-state index in [9.17, 15) is 0 Å². The first kappa shape index (κ1) is 16.0. The minimum absolute atomic E-state index is 0.203. The molecule has 0 aromatic heterocycles. The molecule has 0 fully saturated rings. The van der Waals surface area contributed by atoms with Crippen molar-refractivity contribution in [3.05, 3.63) is 65.2 Å². The number of hydrogen-bond donors (Lipinski definition) is 2. The molecule has 22 heavy (non-hydrogen) atoms. The summed E-state index contributed by atoms with van der Waals surface area (Å²) in [7, 11) is 0. The van der Waals surface area contributed by atoms with E-state index in [1.165, 1.54) is 0 Å². The number of hydrogen-bond acceptors (Lipinski definition) is 4. The fourth-order valence-corrected chi connectivity index (χ4v) is 2.10. The van der Waals surface area contributed by atoms with Gasteiger partial charge in [0.25, 0.3) is 0 Å². The number of benzene rings is 2. The second-order valence-electron chi connectivity index (χ2n) is 4.96. The van der Waals surface area contributed by atoms with Crippen LogP contribution in [-0.4, -0.2) is 18.3 Å². The van der Waals surface area contributed by atoms with Crippen LogP contribution in [0.4, 0.5) is 0 Å².